The molecule has 0 aromatic carbocycles. The summed E-state index contributed by atoms with van der Waals surface area (Å²) in [6.45, 7) is 55.1. The first-order chi connectivity index (χ1) is 19.2. The van der Waals surface area contributed by atoms with E-state index >= 15 is 0 Å². The molecule has 1 nitrogen and oxygen atoms in total. The Morgan fingerprint density at radius 1 is 0.523 bits per heavy atom. The van der Waals surface area contributed by atoms with Crippen molar-refractivity contribution in [2.75, 3.05) is 0 Å². The minimum Gasteiger partial charge on any atom is -0.556 e. The van der Waals surface area contributed by atoms with E-state index in [1.807, 2.05) is 5.35 Å². The molecule has 0 spiro atoms. The van der Waals surface area contributed by atoms with Gasteiger partial charge >= 0.3 is 0 Å². The molecule has 0 saturated heterocycles. The van der Waals surface area contributed by atoms with Crippen LogP contribution in [0.2, 0.25) is 49.9 Å². The monoisotopic (exact) mass is 690 g/mol. The fourth-order valence-corrected chi connectivity index (χ4v) is 152. The molecular weight excluding hydrogens is 613 g/mol. The summed E-state index contributed by atoms with van der Waals surface area (Å²) in [6.07, 6.45) is 8.99. The van der Waals surface area contributed by atoms with Gasteiger partial charge in [-0.05, 0) is 86.5 Å². The van der Waals surface area contributed by atoms with Crippen molar-refractivity contribution >= 4 is 42.4 Å². The molecule has 4 aliphatic carbocycles. The molecule has 1 heterocycles. The van der Waals surface area contributed by atoms with Crippen molar-refractivity contribution in [2.45, 2.75) is 213 Å². The van der Waals surface area contributed by atoms with Crippen molar-refractivity contribution in [3.05, 3.63) is 0 Å². The third-order valence-electron chi connectivity index (χ3n) is 16.3. The van der Waals surface area contributed by atoms with Crippen molar-refractivity contribution in [3.63, 3.8) is 0 Å². The van der Waals surface area contributed by atoms with Gasteiger partial charge < -0.3 is 4.43 Å². The van der Waals surface area contributed by atoms with E-state index in [1.165, 1.54) is 38.5 Å². The molecule has 0 aromatic heterocycles. The van der Waals surface area contributed by atoms with Gasteiger partial charge in [0.15, 0.2) is 0 Å². The molecular formula is C38H78OSi5. The van der Waals surface area contributed by atoms with E-state index in [0.717, 1.165) is 17.8 Å². The first-order valence-corrected chi connectivity index (χ1v) is 33.6. The van der Waals surface area contributed by atoms with Crippen LogP contribution in [0.15, 0.2) is 0 Å². The average molecular weight is 691 g/mol. The van der Waals surface area contributed by atoms with E-state index in [2.05, 4.69) is 144 Å². The Morgan fingerprint density at radius 3 is 1.02 bits per heavy atom. The number of hydrogen-bond donors (Lipinski definition) is 0. The van der Waals surface area contributed by atoms with Gasteiger partial charge in [-0.3, -0.25) is 0 Å². The summed E-state index contributed by atoms with van der Waals surface area (Å²) >= 11 is 0. The third-order valence-corrected chi connectivity index (χ3v) is 105. The van der Waals surface area contributed by atoms with E-state index in [-0.39, 0.29) is 20.2 Å². The van der Waals surface area contributed by atoms with Gasteiger partial charge in [-0.2, -0.15) is 0 Å². The molecule has 4 fully saturated rings. The normalized spacial score (nSPS) is 30.4. The van der Waals surface area contributed by atoms with Crippen LogP contribution in [0.4, 0.5) is 0 Å². The molecule has 4 saturated carbocycles. The van der Waals surface area contributed by atoms with Gasteiger partial charge in [0.25, 0.3) is 0 Å². The Balaban J connectivity index is 2.33. The Morgan fingerprint density at radius 2 is 0.795 bits per heavy atom. The third kappa shape index (κ3) is 4.64. The van der Waals surface area contributed by atoms with E-state index in [9.17, 15) is 0 Å². The highest BCUT2D eigenvalue weighted by molar-refractivity contribution is 7.96. The van der Waals surface area contributed by atoms with Crippen LogP contribution in [0, 0.1) is 23.2 Å². The van der Waals surface area contributed by atoms with E-state index in [1.54, 1.807) is 0 Å². The lowest BCUT2D eigenvalue weighted by Crippen LogP contribution is -2.99. The first-order valence-electron chi connectivity index (χ1n) is 18.6. The van der Waals surface area contributed by atoms with Crippen LogP contribution in [-0.2, 0) is 4.43 Å². The molecule has 44 heavy (non-hydrogen) atoms. The summed E-state index contributed by atoms with van der Waals surface area (Å²) < 4.78 is 8.76. The lowest BCUT2D eigenvalue weighted by molar-refractivity contribution is -0.0186. The van der Waals surface area contributed by atoms with Crippen molar-refractivity contribution in [1.82, 2.24) is 0 Å². The Labute approximate surface area is 281 Å². The Bertz CT molecular complexity index is 1050. The van der Waals surface area contributed by atoms with Gasteiger partial charge in [-0.25, -0.2) is 0 Å². The zero-order valence-electron chi connectivity index (χ0n) is 33.9. The van der Waals surface area contributed by atoms with Crippen molar-refractivity contribution < 1.29 is 4.43 Å². The maximum absolute atomic E-state index is 8.76. The molecule has 256 valence electrons. The quantitative estimate of drug-likeness (QED) is 0.267. The average Bonchev–Trinajstić information content (AvgIpc) is 2.72. The molecule has 0 N–H and O–H groups in total. The van der Waals surface area contributed by atoms with Crippen molar-refractivity contribution in [2.24, 2.45) is 23.2 Å². The fourth-order valence-electron chi connectivity index (χ4n) is 13.2. The molecule has 0 unspecified atom stereocenters. The molecule has 4 bridgehead atoms. The summed E-state index contributed by atoms with van der Waals surface area (Å²) in [4.78, 5) is 0. The number of rotatable bonds is 4. The second-order valence-electron chi connectivity index (χ2n) is 23.6. The van der Waals surface area contributed by atoms with Crippen LogP contribution in [-0.4, -0.2) is 42.4 Å². The van der Waals surface area contributed by atoms with Crippen LogP contribution >= 0.6 is 0 Å². The summed E-state index contributed by atoms with van der Waals surface area (Å²) in [5.41, 5.74) is 0.403. The smallest absolute Gasteiger partial charge is 0.226 e. The lowest BCUT2D eigenvalue weighted by Gasteiger charge is -2.77. The summed E-state index contributed by atoms with van der Waals surface area (Å²) in [5, 5.41) is 3.68. The van der Waals surface area contributed by atoms with Crippen LogP contribution in [0.5, 0.6) is 0 Å². The highest BCUT2D eigenvalue weighted by Gasteiger charge is 2.85. The fraction of sp³-hybridized carbons (Fsp3) is 0.974. The van der Waals surface area contributed by atoms with Gasteiger partial charge in [0.2, 0.25) is 6.87 Å². The molecule has 1 aliphatic heterocycles. The van der Waals surface area contributed by atoms with E-state index < -0.39 is 37.1 Å². The summed E-state index contributed by atoms with van der Waals surface area (Å²) in [7, 11) is -7.17. The zero-order valence-corrected chi connectivity index (χ0v) is 38.9. The lowest BCUT2D eigenvalue weighted by atomic mass is 9.50. The zero-order chi connectivity index (χ0) is 34.3. The molecule has 5 rings (SSSR count). The van der Waals surface area contributed by atoms with Crippen LogP contribution in [0.3, 0.4) is 0 Å². The molecule has 6 heteroatoms. The minimum absolute atomic E-state index is 0.288. The van der Waals surface area contributed by atoms with Gasteiger partial charge in [0.1, 0.15) is 0 Å². The highest BCUT2D eigenvalue weighted by atomic mass is 30.0. The predicted molar refractivity (Wildman–Crippen MR) is 211 cm³/mol. The first kappa shape index (κ1) is 37.6. The van der Waals surface area contributed by atoms with E-state index in [4.69, 9.17) is 4.43 Å². The minimum atomic E-state index is -2.39. The SMILES string of the molecule is CC(C)(C)[Si](C)([Si]1=C(C23CC4CC(CC(C4)C2)C3)O[Si]1([Si](C)(C(C)(C)C)C(C)(C)C)[Si](C)(C(C)(C)C)C(C)(C)C)C(C)(C)C. The van der Waals surface area contributed by atoms with Gasteiger partial charge in [0, 0.05) is 5.41 Å². The maximum Gasteiger partial charge on any atom is 0.226 e. The maximum atomic E-state index is 8.76. The highest BCUT2D eigenvalue weighted by Crippen LogP contribution is 2.71. The molecule has 0 aromatic rings. The van der Waals surface area contributed by atoms with Crippen molar-refractivity contribution in [3.8, 4) is 0 Å². The summed E-state index contributed by atoms with van der Waals surface area (Å²) in [6, 6.07) is 0. The second-order valence-corrected chi connectivity index (χ2v) is 66.4. The second kappa shape index (κ2) is 10.2. The topological polar surface area (TPSA) is 9.23 Å². The van der Waals surface area contributed by atoms with Gasteiger partial charge in [0.05, 0.1) is 35.6 Å². The standard InChI is InChI=1S/C38H78OSi5/c1-32(2,3)41(19,33(4,5)6)40-31(38-25-28-22-29(26-38)24-30(23-28)27-38)39-44(40,42(20,34(7,8)9)35(10,11)12)43(21,36(13,14)15)37(16,17)18/h28-30H,22-27H2,1-21H3. The van der Waals surface area contributed by atoms with Crippen LogP contribution in [0.1, 0.15) is 163 Å². The van der Waals surface area contributed by atoms with Crippen LogP contribution < -0.4 is 0 Å². The van der Waals surface area contributed by atoms with Crippen LogP contribution in [0.25, 0.3) is 0 Å². The Hall–Kier alpha value is 0.754. The summed E-state index contributed by atoms with van der Waals surface area (Å²) in [5.74, 6) is 2.91. The van der Waals surface area contributed by atoms with Gasteiger partial charge in [-0.15, -0.1) is 0 Å². The Kier molecular flexibility index (Phi) is 8.67. The molecule has 0 amide bonds. The largest absolute Gasteiger partial charge is 0.556 e. The predicted octanol–water partition coefficient (Wildman–Crippen LogP) is 12.7. The van der Waals surface area contributed by atoms with Crippen molar-refractivity contribution in [1.29, 1.82) is 0 Å². The molecule has 5 aliphatic rings. The molecule has 0 atom stereocenters. The molecule has 0 radical (unpaired) electrons. The van der Waals surface area contributed by atoms with E-state index in [0.29, 0.717) is 15.5 Å². The van der Waals surface area contributed by atoms with Gasteiger partial charge in [-0.1, -0.05) is 144 Å². The number of hydrogen-bond acceptors (Lipinski definition) is 1.